The Morgan fingerprint density at radius 3 is 2.77 bits per heavy atom. The molecule has 1 fully saturated rings. The Balaban J connectivity index is 1.51. The van der Waals surface area contributed by atoms with Gasteiger partial charge in [-0.25, -0.2) is 9.97 Å². The summed E-state index contributed by atoms with van der Waals surface area (Å²) in [6.45, 7) is 3.46. The molecular formula is C27H35N5O3. The second kappa shape index (κ2) is 11.4. The molecule has 0 radical (unpaired) electrons. The number of nitrogens with zero attached hydrogens (tertiary/aromatic N) is 3. The highest BCUT2D eigenvalue weighted by atomic mass is 16.5. The Morgan fingerprint density at radius 2 is 2.03 bits per heavy atom. The molecule has 3 aromatic rings. The third kappa shape index (κ3) is 6.06. The van der Waals surface area contributed by atoms with Gasteiger partial charge in [0, 0.05) is 31.3 Å². The molecule has 8 heteroatoms. The molecule has 3 heterocycles. The molecule has 1 aromatic carbocycles. The number of nitrogens with one attached hydrogen (secondary N) is 2. The molecule has 1 saturated heterocycles. The number of H-pyrrole nitrogens is 1. The van der Waals surface area contributed by atoms with E-state index >= 15 is 0 Å². The first-order valence-electron chi connectivity index (χ1n) is 12.5. The Hall–Kier alpha value is -3.26. The molecule has 4 rings (SSSR count). The summed E-state index contributed by atoms with van der Waals surface area (Å²) < 4.78 is 5.57. The van der Waals surface area contributed by atoms with Crippen LogP contribution in [0, 0.1) is 5.92 Å². The highest BCUT2D eigenvalue weighted by molar-refractivity contribution is 5.85. The highest BCUT2D eigenvalue weighted by Crippen LogP contribution is 2.32. The topological polar surface area (TPSA) is 100 Å². The number of aromatic nitrogens is 3. The van der Waals surface area contributed by atoms with E-state index in [-0.39, 0.29) is 17.9 Å². The lowest BCUT2D eigenvalue weighted by Gasteiger charge is -2.35. The van der Waals surface area contributed by atoms with E-state index in [2.05, 4.69) is 25.2 Å². The molecular weight excluding hydrogens is 442 g/mol. The fourth-order valence-corrected chi connectivity index (χ4v) is 4.55. The van der Waals surface area contributed by atoms with Crippen molar-refractivity contribution in [2.75, 3.05) is 27.2 Å². The van der Waals surface area contributed by atoms with Gasteiger partial charge in [-0.15, -0.1) is 0 Å². The minimum absolute atomic E-state index is 0.0175. The van der Waals surface area contributed by atoms with E-state index in [1.54, 1.807) is 13.3 Å². The summed E-state index contributed by atoms with van der Waals surface area (Å²) >= 11 is 0. The van der Waals surface area contributed by atoms with Crippen LogP contribution in [0.2, 0.25) is 0 Å². The lowest BCUT2D eigenvalue weighted by atomic mass is 9.98. The number of imidazole rings is 1. The van der Waals surface area contributed by atoms with Crippen molar-refractivity contribution in [3.05, 3.63) is 42.4 Å². The van der Waals surface area contributed by atoms with Crippen LogP contribution in [-0.2, 0) is 9.59 Å². The van der Waals surface area contributed by atoms with Gasteiger partial charge >= 0.3 is 0 Å². The van der Waals surface area contributed by atoms with Gasteiger partial charge in [-0.05, 0) is 32.0 Å². The average Bonchev–Trinajstić information content (AvgIpc) is 3.34. The van der Waals surface area contributed by atoms with Crippen molar-refractivity contribution in [1.82, 2.24) is 25.2 Å². The molecule has 1 aliphatic heterocycles. The first-order valence-corrected chi connectivity index (χ1v) is 12.5. The molecule has 1 amide bonds. The zero-order valence-corrected chi connectivity index (χ0v) is 20.8. The van der Waals surface area contributed by atoms with Crippen LogP contribution in [0.15, 0.2) is 36.5 Å². The molecule has 8 nitrogen and oxygen atoms in total. The van der Waals surface area contributed by atoms with Crippen molar-refractivity contribution < 1.29 is 14.3 Å². The van der Waals surface area contributed by atoms with Crippen LogP contribution in [0.1, 0.15) is 57.3 Å². The molecule has 1 unspecified atom stereocenters. The third-order valence-corrected chi connectivity index (χ3v) is 6.69. The van der Waals surface area contributed by atoms with E-state index in [0.717, 1.165) is 66.8 Å². The largest absolute Gasteiger partial charge is 0.480 e. The quantitative estimate of drug-likeness (QED) is 0.378. The average molecular weight is 478 g/mol. The van der Waals surface area contributed by atoms with E-state index in [0.29, 0.717) is 24.5 Å². The monoisotopic (exact) mass is 477 g/mol. The third-order valence-electron chi connectivity index (χ3n) is 6.69. The number of hydrogen-bond donors (Lipinski definition) is 2. The Kier molecular flexibility index (Phi) is 8.13. The molecule has 0 spiro atoms. The number of unbranched alkanes of at least 4 members (excludes halogenated alkanes) is 2. The number of aromatic amines is 1. The molecule has 1 atom stereocenters. The maximum Gasteiger partial charge on any atom is 0.226 e. The molecule has 2 aromatic heterocycles. The highest BCUT2D eigenvalue weighted by Gasteiger charge is 2.32. The van der Waals surface area contributed by atoms with Crippen LogP contribution < -0.4 is 10.1 Å². The summed E-state index contributed by atoms with van der Waals surface area (Å²) in [6, 6.07) is 9.73. The second-order valence-electron chi connectivity index (χ2n) is 9.39. The number of para-hydroxylation sites is 1. The van der Waals surface area contributed by atoms with E-state index in [1.807, 2.05) is 44.3 Å². The smallest absolute Gasteiger partial charge is 0.226 e. The maximum absolute atomic E-state index is 12.8. The van der Waals surface area contributed by atoms with Crippen LogP contribution in [0.4, 0.5) is 0 Å². The minimum Gasteiger partial charge on any atom is -0.480 e. The van der Waals surface area contributed by atoms with Gasteiger partial charge in [0.2, 0.25) is 11.8 Å². The predicted molar refractivity (Wildman–Crippen MR) is 136 cm³/mol. The molecule has 0 saturated carbocycles. The second-order valence-corrected chi connectivity index (χ2v) is 9.39. The van der Waals surface area contributed by atoms with E-state index in [1.165, 1.54) is 0 Å². The summed E-state index contributed by atoms with van der Waals surface area (Å²) in [6.07, 6.45) is 6.49. The van der Waals surface area contributed by atoms with Crippen LogP contribution in [0.3, 0.4) is 0 Å². The zero-order valence-electron chi connectivity index (χ0n) is 20.8. The van der Waals surface area contributed by atoms with Crippen molar-refractivity contribution in [1.29, 1.82) is 0 Å². The first-order chi connectivity index (χ1) is 17.0. The van der Waals surface area contributed by atoms with Crippen LogP contribution >= 0.6 is 0 Å². The molecule has 2 N–H and O–H groups in total. The zero-order chi connectivity index (χ0) is 24.8. The van der Waals surface area contributed by atoms with Crippen LogP contribution in [0.25, 0.3) is 22.2 Å². The number of benzene rings is 1. The number of rotatable bonds is 12. The molecule has 35 heavy (non-hydrogen) atoms. The number of amides is 1. The lowest BCUT2D eigenvalue weighted by molar-refractivity contribution is -0.130. The van der Waals surface area contributed by atoms with E-state index in [4.69, 9.17) is 4.74 Å². The van der Waals surface area contributed by atoms with E-state index < -0.39 is 0 Å². The standard InChI is InChI=1S/C27H35N5O3/c1-4-20(33)11-6-5-7-13-23(30-26(34)19-16-32(2)17-19)25-28-15-24(29-25)21-14-18-10-8-9-12-22(18)31-27(21)35-3/h8-10,12,14-15,19,23H,4-7,11,13,16-17H2,1-3H3,(H,28,29)(H,30,34). The van der Waals surface area contributed by atoms with Gasteiger partial charge in [0.05, 0.1) is 42.0 Å². The van der Waals surface area contributed by atoms with E-state index in [9.17, 15) is 9.59 Å². The number of fused-ring (bicyclic) bond motifs is 1. The summed E-state index contributed by atoms with van der Waals surface area (Å²) in [4.78, 5) is 39.3. The number of hydrogen-bond acceptors (Lipinski definition) is 6. The van der Waals surface area contributed by atoms with Gasteiger partial charge in [0.15, 0.2) is 0 Å². The van der Waals surface area contributed by atoms with Gasteiger partial charge in [0.1, 0.15) is 11.6 Å². The SMILES string of the molecule is CCC(=O)CCCCCC(NC(=O)C1CN(C)C1)c1ncc(-c2cc3ccccc3nc2OC)[nH]1. The number of pyridine rings is 1. The number of carbonyl (C=O) groups is 2. The lowest BCUT2D eigenvalue weighted by Crippen LogP contribution is -2.52. The van der Waals surface area contributed by atoms with Crippen molar-refractivity contribution in [2.45, 2.75) is 51.5 Å². The van der Waals surface area contributed by atoms with Crippen molar-refractivity contribution in [3.63, 3.8) is 0 Å². The normalized spacial score (nSPS) is 15.1. The van der Waals surface area contributed by atoms with Gasteiger partial charge in [-0.2, -0.15) is 0 Å². The maximum atomic E-state index is 12.8. The Morgan fingerprint density at radius 1 is 1.23 bits per heavy atom. The Labute approximate surface area is 206 Å². The van der Waals surface area contributed by atoms with Gasteiger partial charge in [0.25, 0.3) is 0 Å². The van der Waals surface area contributed by atoms with Gasteiger partial charge in [-0.1, -0.05) is 38.0 Å². The molecule has 0 aliphatic carbocycles. The van der Waals surface area contributed by atoms with Crippen molar-refractivity contribution in [2.24, 2.45) is 5.92 Å². The van der Waals surface area contributed by atoms with Gasteiger partial charge in [-0.3, -0.25) is 9.59 Å². The number of ketones is 1. The number of Topliss-reactive ketones (excluding diaryl/α,β-unsaturated/α-hetero) is 1. The molecule has 186 valence electrons. The fraction of sp³-hybridized carbons (Fsp3) is 0.481. The predicted octanol–water partition coefficient (Wildman–Crippen LogP) is 4.28. The number of methoxy groups -OCH3 is 1. The Bertz CT molecular complexity index is 1170. The summed E-state index contributed by atoms with van der Waals surface area (Å²) in [7, 11) is 3.63. The number of ether oxygens (including phenoxy) is 1. The van der Waals surface area contributed by atoms with Crippen molar-refractivity contribution in [3.8, 4) is 17.1 Å². The minimum atomic E-state index is -0.219. The number of likely N-dealkylation sites (tertiary alicyclic amines) is 1. The summed E-state index contributed by atoms with van der Waals surface area (Å²) in [5, 5.41) is 4.23. The van der Waals surface area contributed by atoms with Crippen LogP contribution in [0.5, 0.6) is 5.88 Å². The molecule has 1 aliphatic rings. The van der Waals surface area contributed by atoms with Crippen molar-refractivity contribution >= 4 is 22.6 Å². The molecule has 0 bridgehead atoms. The van der Waals surface area contributed by atoms with Crippen LogP contribution in [-0.4, -0.2) is 58.8 Å². The number of carbonyl (C=O) groups excluding carboxylic acids is 2. The fourth-order valence-electron chi connectivity index (χ4n) is 4.55. The van der Waals surface area contributed by atoms with Gasteiger partial charge < -0.3 is 19.9 Å². The summed E-state index contributed by atoms with van der Waals surface area (Å²) in [5.74, 6) is 1.64. The summed E-state index contributed by atoms with van der Waals surface area (Å²) in [5.41, 5.74) is 2.49. The first kappa shape index (κ1) is 24.9.